The van der Waals surface area contributed by atoms with Gasteiger partial charge in [-0.05, 0) is 49.8 Å². The molecule has 1 aliphatic heterocycles. The standard InChI is InChI=1S/C17H22FNO2/c1-11(20)13-3-2-8-19(10-13)17(21)16-9-15(16)12-4-6-14(18)7-5-12/h4-7,11,13,15-16,20H,2-3,8-10H2,1H3. The van der Waals surface area contributed by atoms with Crippen molar-refractivity contribution in [3.8, 4) is 0 Å². The van der Waals surface area contributed by atoms with Gasteiger partial charge in [-0.3, -0.25) is 4.79 Å². The Labute approximate surface area is 124 Å². The van der Waals surface area contributed by atoms with Crippen molar-refractivity contribution >= 4 is 5.91 Å². The Bertz CT molecular complexity index is 514. The SMILES string of the molecule is CC(O)C1CCCN(C(=O)C2CC2c2ccc(F)cc2)C1. The number of amides is 1. The van der Waals surface area contributed by atoms with Crippen LogP contribution in [0.4, 0.5) is 4.39 Å². The first-order chi connectivity index (χ1) is 10.1. The number of carbonyl (C=O) groups excluding carboxylic acids is 1. The van der Waals surface area contributed by atoms with Gasteiger partial charge in [0, 0.05) is 24.9 Å². The predicted molar refractivity (Wildman–Crippen MR) is 78.2 cm³/mol. The van der Waals surface area contributed by atoms with Crippen LogP contribution in [-0.4, -0.2) is 35.1 Å². The van der Waals surface area contributed by atoms with Crippen molar-refractivity contribution in [1.82, 2.24) is 4.90 Å². The number of nitrogens with zero attached hydrogens (tertiary/aromatic N) is 1. The first kappa shape index (κ1) is 14.5. The number of halogens is 1. The minimum atomic E-state index is -0.354. The lowest BCUT2D eigenvalue weighted by Crippen LogP contribution is -2.43. The molecule has 1 aliphatic carbocycles. The van der Waals surface area contributed by atoms with E-state index in [-0.39, 0.29) is 35.6 Å². The molecule has 0 bridgehead atoms. The van der Waals surface area contributed by atoms with Gasteiger partial charge in [-0.1, -0.05) is 12.1 Å². The second-order valence-electron chi connectivity index (χ2n) is 6.43. The minimum absolute atomic E-state index is 0.0446. The second-order valence-corrected chi connectivity index (χ2v) is 6.43. The third kappa shape index (κ3) is 3.10. The molecule has 0 spiro atoms. The number of benzene rings is 1. The third-order valence-electron chi connectivity index (χ3n) is 4.86. The van der Waals surface area contributed by atoms with Gasteiger partial charge in [0.2, 0.25) is 5.91 Å². The maximum atomic E-state index is 12.9. The van der Waals surface area contributed by atoms with Gasteiger partial charge in [0.25, 0.3) is 0 Å². The molecule has 3 rings (SSSR count). The molecular formula is C17H22FNO2. The fourth-order valence-corrected chi connectivity index (χ4v) is 3.38. The molecule has 4 unspecified atom stereocenters. The Hall–Kier alpha value is -1.42. The highest BCUT2D eigenvalue weighted by Gasteiger charge is 2.46. The highest BCUT2D eigenvalue weighted by molar-refractivity contribution is 5.83. The number of aliphatic hydroxyl groups excluding tert-OH is 1. The molecule has 114 valence electrons. The van der Waals surface area contributed by atoms with Crippen LogP contribution in [0.5, 0.6) is 0 Å². The number of likely N-dealkylation sites (tertiary alicyclic amines) is 1. The van der Waals surface area contributed by atoms with Crippen LogP contribution >= 0.6 is 0 Å². The molecule has 4 atom stereocenters. The zero-order chi connectivity index (χ0) is 15.0. The molecule has 0 radical (unpaired) electrons. The Morgan fingerprint density at radius 3 is 2.76 bits per heavy atom. The number of rotatable bonds is 3. The summed E-state index contributed by atoms with van der Waals surface area (Å²) < 4.78 is 12.9. The molecule has 1 N–H and O–H groups in total. The summed E-state index contributed by atoms with van der Waals surface area (Å²) in [5.74, 6) is 0.451. The summed E-state index contributed by atoms with van der Waals surface area (Å²) in [7, 11) is 0. The number of carbonyl (C=O) groups is 1. The van der Waals surface area contributed by atoms with Crippen molar-refractivity contribution in [2.75, 3.05) is 13.1 Å². The van der Waals surface area contributed by atoms with Gasteiger partial charge in [0.1, 0.15) is 5.82 Å². The lowest BCUT2D eigenvalue weighted by molar-refractivity contribution is -0.135. The largest absolute Gasteiger partial charge is 0.393 e. The summed E-state index contributed by atoms with van der Waals surface area (Å²) in [5, 5.41) is 9.71. The number of hydrogen-bond donors (Lipinski definition) is 1. The Morgan fingerprint density at radius 1 is 1.38 bits per heavy atom. The molecule has 3 nitrogen and oxygen atoms in total. The summed E-state index contributed by atoms with van der Waals surface area (Å²) in [6.07, 6.45) is 2.47. The van der Waals surface area contributed by atoms with Crippen molar-refractivity contribution < 1.29 is 14.3 Å². The fourth-order valence-electron chi connectivity index (χ4n) is 3.38. The average Bonchev–Trinajstić information content (AvgIpc) is 3.28. The van der Waals surface area contributed by atoms with Crippen LogP contribution in [0.3, 0.4) is 0 Å². The highest BCUT2D eigenvalue weighted by Crippen LogP contribution is 2.48. The Kier molecular flexibility index (Phi) is 3.98. The summed E-state index contributed by atoms with van der Waals surface area (Å²) in [4.78, 5) is 14.5. The van der Waals surface area contributed by atoms with Crippen molar-refractivity contribution in [2.24, 2.45) is 11.8 Å². The first-order valence-corrected chi connectivity index (χ1v) is 7.78. The molecule has 1 amide bonds. The van der Waals surface area contributed by atoms with Gasteiger partial charge in [0.15, 0.2) is 0 Å². The van der Waals surface area contributed by atoms with Crippen LogP contribution in [-0.2, 0) is 4.79 Å². The van der Waals surface area contributed by atoms with Crippen LogP contribution in [0.25, 0.3) is 0 Å². The highest BCUT2D eigenvalue weighted by atomic mass is 19.1. The van der Waals surface area contributed by atoms with E-state index in [0.717, 1.165) is 31.4 Å². The van der Waals surface area contributed by atoms with Gasteiger partial charge in [0.05, 0.1) is 6.10 Å². The van der Waals surface area contributed by atoms with E-state index in [0.29, 0.717) is 6.54 Å². The first-order valence-electron chi connectivity index (χ1n) is 7.78. The topological polar surface area (TPSA) is 40.5 Å². The van der Waals surface area contributed by atoms with E-state index in [1.165, 1.54) is 12.1 Å². The normalized spacial score (nSPS) is 30.0. The summed E-state index contributed by atoms with van der Waals surface area (Å²) in [6.45, 7) is 3.27. The Balaban J connectivity index is 1.61. The molecular weight excluding hydrogens is 269 g/mol. The molecule has 4 heteroatoms. The summed E-state index contributed by atoms with van der Waals surface area (Å²) in [5.41, 5.74) is 1.05. The molecule has 0 aromatic heterocycles. The zero-order valence-corrected chi connectivity index (χ0v) is 12.3. The minimum Gasteiger partial charge on any atom is -0.393 e. The average molecular weight is 291 g/mol. The quantitative estimate of drug-likeness (QED) is 0.929. The van der Waals surface area contributed by atoms with Gasteiger partial charge in [-0.2, -0.15) is 0 Å². The number of hydrogen-bond acceptors (Lipinski definition) is 2. The molecule has 1 aromatic carbocycles. The van der Waals surface area contributed by atoms with Crippen LogP contribution in [0.2, 0.25) is 0 Å². The maximum absolute atomic E-state index is 12.9. The predicted octanol–water partition coefficient (Wildman–Crippen LogP) is 2.55. The smallest absolute Gasteiger partial charge is 0.226 e. The third-order valence-corrected chi connectivity index (χ3v) is 4.86. The maximum Gasteiger partial charge on any atom is 0.226 e. The fraction of sp³-hybridized carbons (Fsp3) is 0.588. The van der Waals surface area contributed by atoms with Crippen LogP contribution in [0, 0.1) is 17.7 Å². The van der Waals surface area contributed by atoms with Crippen LogP contribution in [0.15, 0.2) is 24.3 Å². The van der Waals surface area contributed by atoms with E-state index in [2.05, 4.69) is 0 Å². The van der Waals surface area contributed by atoms with E-state index in [1.54, 1.807) is 19.1 Å². The number of aliphatic hydroxyl groups is 1. The molecule has 1 heterocycles. The van der Waals surface area contributed by atoms with Gasteiger partial charge >= 0.3 is 0 Å². The van der Waals surface area contributed by atoms with Crippen LogP contribution < -0.4 is 0 Å². The van der Waals surface area contributed by atoms with Gasteiger partial charge in [-0.25, -0.2) is 4.39 Å². The van der Waals surface area contributed by atoms with E-state index in [4.69, 9.17) is 0 Å². The lowest BCUT2D eigenvalue weighted by Gasteiger charge is -2.34. The molecule has 1 saturated heterocycles. The van der Waals surface area contributed by atoms with E-state index < -0.39 is 0 Å². The van der Waals surface area contributed by atoms with Crippen molar-refractivity contribution in [1.29, 1.82) is 0 Å². The summed E-state index contributed by atoms with van der Waals surface area (Å²) in [6, 6.07) is 6.48. The van der Waals surface area contributed by atoms with Gasteiger partial charge < -0.3 is 10.0 Å². The van der Waals surface area contributed by atoms with Gasteiger partial charge in [-0.15, -0.1) is 0 Å². The Morgan fingerprint density at radius 2 is 2.10 bits per heavy atom. The van der Waals surface area contributed by atoms with Crippen molar-refractivity contribution in [3.63, 3.8) is 0 Å². The second kappa shape index (κ2) is 5.76. The zero-order valence-electron chi connectivity index (χ0n) is 12.3. The van der Waals surface area contributed by atoms with E-state index in [9.17, 15) is 14.3 Å². The molecule has 21 heavy (non-hydrogen) atoms. The molecule has 2 aliphatic rings. The molecule has 1 saturated carbocycles. The lowest BCUT2D eigenvalue weighted by atomic mass is 9.93. The molecule has 2 fully saturated rings. The van der Waals surface area contributed by atoms with Crippen molar-refractivity contribution in [3.05, 3.63) is 35.6 Å². The van der Waals surface area contributed by atoms with Crippen LogP contribution in [0.1, 0.15) is 37.7 Å². The van der Waals surface area contributed by atoms with E-state index >= 15 is 0 Å². The van der Waals surface area contributed by atoms with E-state index in [1.807, 2.05) is 4.90 Å². The number of piperidine rings is 1. The monoisotopic (exact) mass is 291 g/mol. The summed E-state index contributed by atoms with van der Waals surface area (Å²) >= 11 is 0. The van der Waals surface area contributed by atoms with Crippen molar-refractivity contribution in [2.45, 2.75) is 38.2 Å². The molecule has 1 aromatic rings.